The van der Waals surface area contributed by atoms with E-state index in [1.165, 1.54) is 19.1 Å². The van der Waals surface area contributed by atoms with Crippen LogP contribution < -0.4 is 10.0 Å². The molecule has 2 N–H and O–H groups in total. The number of hydrogen-bond donors (Lipinski definition) is 2. The van der Waals surface area contributed by atoms with Crippen molar-refractivity contribution in [2.24, 2.45) is 22.7 Å². The van der Waals surface area contributed by atoms with Gasteiger partial charge in [0.05, 0.1) is 6.26 Å². The first-order valence-electron chi connectivity index (χ1n) is 9.53. The minimum atomic E-state index is -3.18. The minimum Gasteiger partial charge on any atom is -0.335 e. The van der Waals surface area contributed by atoms with E-state index >= 15 is 0 Å². The third kappa shape index (κ3) is 3.54. The lowest BCUT2D eigenvalue weighted by atomic mass is 9.69. The molecular weight excluding hydrogens is 338 g/mol. The second kappa shape index (κ2) is 6.41. The fraction of sp³-hybridized carbons (Fsp3) is 0.944. The van der Waals surface area contributed by atoms with Crippen molar-refractivity contribution in [3.63, 3.8) is 0 Å². The van der Waals surface area contributed by atoms with Gasteiger partial charge < -0.3 is 10.2 Å². The second-order valence-corrected chi connectivity index (χ2v) is 11.0. The van der Waals surface area contributed by atoms with Crippen molar-refractivity contribution < 1.29 is 13.2 Å². The summed E-state index contributed by atoms with van der Waals surface area (Å²) in [6.45, 7) is 8.84. The monoisotopic (exact) mass is 371 g/mol. The van der Waals surface area contributed by atoms with Crippen molar-refractivity contribution in [2.45, 2.75) is 58.9 Å². The van der Waals surface area contributed by atoms with Gasteiger partial charge in [0.25, 0.3) is 0 Å². The quantitative estimate of drug-likeness (QED) is 0.795. The lowest BCUT2D eigenvalue weighted by Crippen LogP contribution is -2.53. The lowest BCUT2D eigenvalue weighted by molar-refractivity contribution is 0.112. The van der Waals surface area contributed by atoms with Crippen LogP contribution in [0.15, 0.2) is 0 Å². The molecule has 3 fully saturated rings. The SMILES string of the molecule is CC1(C)[C@H]2CC[C@@]1(C)[C@@H](NC(=O)N1CCC[C@H](CNS(C)(=O)=O)C1)C2. The first-order valence-corrected chi connectivity index (χ1v) is 11.4. The van der Waals surface area contributed by atoms with Crippen LogP contribution in [0.25, 0.3) is 0 Å². The van der Waals surface area contributed by atoms with Gasteiger partial charge in [-0.2, -0.15) is 0 Å². The average molecular weight is 372 g/mol. The number of piperidine rings is 1. The van der Waals surface area contributed by atoms with Crippen molar-refractivity contribution in [1.82, 2.24) is 14.9 Å². The zero-order valence-corrected chi connectivity index (χ0v) is 16.8. The molecule has 3 rings (SSSR count). The summed E-state index contributed by atoms with van der Waals surface area (Å²) in [6.07, 6.45) is 6.62. The maximum absolute atomic E-state index is 12.8. The summed E-state index contributed by atoms with van der Waals surface area (Å²) in [5.41, 5.74) is 0.467. The molecule has 1 heterocycles. The predicted octanol–water partition coefficient (Wildman–Crippen LogP) is 2.17. The molecule has 7 heteroatoms. The topological polar surface area (TPSA) is 78.5 Å². The van der Waals surface area contributed by atoms with E-state index in [1.54, 1.807) is 0 Å². The number of nitrogens with one attached hydrogen (secondary N) is 2. The Hall–Kier alpha value is -0.820. The van der Waals surface area contributed by atoms with Crippen molar-refractivity contribution in [3.05, 3.63) is 0 Å². The third-order valence-corrected chi connectivity index (χ3v) is 8.22. The second-order valence-electron chi connectivity index (χ2n) is 9.19. The average Bonchev–Trinajstić information content (AvgIpc) is 2.86. The molecule has 2 aliphatic carbocycles. The molecule has 2 amide bonds. The van der Waals surface area contributed by atoms with Gasteiger partial charge in [0.15, 0.2) is 0 Å². The maximum Gasteiger partial charge on any atom is 0.317 e. The van der Waals surface area contributed by atoms with Crippen LogP contribution in [0.5, 0.6) is 0 Å². The van der Waals surface area contributed by atoms with E-state index in [2.05, 4.69) is 30.8 Å². The number of urea groups is 1. The van der Waals surface area contributed by atoms with Gasteiger partial charge in [-0.1, -0.05) is 20.8 Å². The van der Waals surface area contributed by atoms with Gasteiger partial charge >= 0.3 is 6.03 Å². The van der Waals surface area contributed by atoms with Crippen LogP contribution >= 0.6 is 0 Å². The Morgan fingerprint density at radius 2 is 1.96 bits per heavy atom. The molecule has 4 atom stereocenters. The summed E-state index contributed by atoms with van der Waals surface area (Å²) in [7, 11) is -3.18. The van der Waals surface area contributed by atoms with Crippen LogP contribution in [-0.2, 0) is 10.0 Å². The van der Waals surface area contributed by atoms with Crippen molar-refractivity contribution in [2.75, 3.05) is 25.9 Å². The fourth-order valence-electron chi connectivity index (χ4n) is 5.35. The number of rotatable bonds is 4. The highest BCUT2D eigenvalue weighted by molar-refractivity contribution is 7.88. The van der Waals surface area contributed by atoms with E-state index in [0.29, 0.717) is 19.0 Å². The molecule has 0 aromatic carbocycles. The number of hydrogen-bond acceptors (Lipinski definition) is 3. The summed E-state index contributed by atoms with van der Waals surface area (Å²) in [4.78, 5) is 14.7. The largest absolute Gasteiger partial charge is 0.335 e. The van der Waals surface area contributed by atoms with Gasteiger partial charge in [0.1, 0.15) is 0 Å². The van der Waals surface area contributed by atoms with Crippen LogP contribution in [0.4, 0.5) is 4.79 Å². The Morgan fingerprint density at radius 3 is 2.52 bits per heavy atom. The summed E-state index contributed by atoms with van der Waals surface area (Å²) >= 11 is 0. The van der Waals surface area contributed by atoms with Crippen LogP contribution in [0.1, 0.15) is 52.9 Å². The number of likely N-dealkylation sites (tertiary alicyclic amines) is 1. The number of amides is 2. The standard InChI is InChI=1S/C18H33N3O3S/c1-17(2)14-7-8-18(17,3)15(10-14)20-16(22)21-9-5-6-13(12-21)11-19-25(4,23)24/h13-15,19H,5-12H2,1-4H3,(H,20,22)/t13-,14+,15+,18+/m1/s1. The smallest absolute Gasteiger partial charge is 0.317 e. The van der Waals surface area contributed by atoms with Crippen molar-refractivity contribution in [1.29, 1.82) is 0 Å². The number of carbonyl (C=O) groups excluding carboxylic acids is 1. The van der Waals surface area contributed by atoms with E-state index in [-0.39, 0.29) is 28.8 Å². The summed E-state index contributed by atoms with van der Waals surface area (Å²) in [6, 6.07) is 0.280. The highest BCUT2D eigenvalue weighted by Gasteiger charge is 2.61. The Bertz CT molecular complexity index is 633. The zero-order chi connectivity index (χ0) is 18.5. The molecule has 2 bridgehead atoms. The molecule has 0 aromatic rings. The van der Waals surface area contributed by atoms with E-state index in [1.807, 2.05) is 4.90 Å². The highest BCUT2D eigenvalue weighted by Crippen LogP contribution is 2.65. The molecule has 3 aliphatic rings. The highest BCUT2D eigenvalue weighted by atomic mass is 32.2. The third-order valence-electron chi connectivity index (χ3n) is 7.53. The van der Waals surface area contributed by atoms with E-state index in [4.69, 9.17) is 0 Å². The van der Waals surface area contributed by atoms with Crippen molar-refractivity contribution in [3.8, 4) is 0 Å². The van der Waals surface area contributed by atoms with Gasteiger partial charge in [0.2, 0.25) is 10.0 Å². The van der Waals surface area contributed by atoms with E-state index in [0.717, 1.165) is 25.8 Å². The van der Waals surface area contributed by atoms with E-state index in [9.17, 15) is 13.2 Å². The van der Waals surface area contributed by atoms with Gasteiger partial charge in [-0.15, -0.1) is 0 Å². The maximum atomic E-state index is 12.8. The summed E-state index contributed by atoms with van der Waals surface area (Å²) < 4.78 is 25.1. The number of sulfonamides is 1. The number of nitrogens with zero attached hydrogens (tertiary/aromatic N) is 1. The van der Waals surface area contributed by atoms with Crippen molar-refractivity contribution >= 4 is 16.1 Å². The Balaban J connectivity index is 1.57. The molecule has 1 aliphatic heterocycles. The minimum absolute atomic E-state index is 0.0265. The number of carbonyl (C=O) groups is 1. The van der Waals surface area contributed by atoms with Crippen LogP contribution in [0.2, 0.25) is 0 Å². The van der Waals surface area contributed by atoms with Gasteiger partial charge in [-0.25, -0.2) is 17.9 Å². The van der Waals surface area contributed by atoms with Crippen LogP contribution in [0, 0.1) is 22.7 Å². The summed E-state index contributed by atoms with van der Waals surface area (Å²) in [5, 5.41) is 3.32. The van der Waals surface area contributed by atoms with Gasteiger partial charge in [-0.05, 0) is 54.8 Å². The molecule has 2 saturated carbocycles. The number of fused-ring (bicyclic) bond motifs is 2. The molecule has 0 aromatic heterocycles. The molecule has 0 unspecified atom stereocenters. The Morgan fingerprint density at radius 1 is 1.24 bits per heavy atom. The molecule has 0 spiro atoms. The lowest BCUT2D eigenvalue weighted by Gasteiger charge is -2.41. The van der Waals surface area contributed by atoms with Crippen LogP contribution in [-0.4, -0.2) is 51.3 Å². The van der Waals surface area contributed by atoms with E-state index < -0.39 is 10.0 Å². The molecular formula is C18H33N3O3S. The van der Waals surface area contributed by atoms with Gasteiger partial charge in [-0.3, -0.25) is 0 Å². The molecule has 6 nitrogen and oxygen atoms in total. The normalized spacial score (nSPS) is 37.3. The molecule has 25 heavy (non-hydrogen) atoms. The Kier molecular flexibility index (Phi) is 4.86. The predicted molar refractivity (Wildman–Crippen MR) is 98.7 cm³/mol. The zero-order valence-electron chi connectivity index (χ0n) is 16.0. The molecule has 1 saturated heterocycles. The first-order chi connectivity index (χ1) is 11.5. The van der Waals surface area contributed by atoms with Crippen LogP contribution in [0.3, 0.4) is 0 Å². The first kappa shape index (κ1) is 19.0. The van der Waals surface area contributed by atoms with Gasteiger partial charge in [0, 0.05) is 25.7 Å². The fourth-order valence-corrected chi connectivity index (χ4v) is 5.89. The summed E-state index contributed by atoms with van der Waals surface area (Å²) in [5.74, 6) is 0.900. The molecule has 0 radical (unpaired) electrons. The Labute approximate surface area is 152 Å². The molecule has 144 valence electrons.